The summed E-state index contributed by atoms with van der Waals surface area (Å²) in [6.07, 6.45) is 1.76. The Hall–Kier alpha value is -2.62. The fourth-order valence-corrected chi connectivity index (χ4v) is 3.16. The van der Waals surface area contributed by atoms with E-state index < -0.39 is 0 Å². The van der Waals surface area contributed by atoms with Gasteiger partial charge in [0, 0.05) is 33.1 Å². The monoisotopic (exact) mass is 335 g/mol. The highest BCUT2D eigenvalue weighted by molar-refractivity contribution is 6.03. The van der Waals surface area contributed by atoms with Crippen LogP contribution in [0.15, 0.2) is 53.6 Å². The van der Waals surface area contributed by atoms with E-state index in [1.165, 1.54) is 5.56 Å². The molecule has 0 radical (unpaired) electrons. The summed E-state index contributed by atoms with van der Waals surface area (Å²) in [4.78, 5) is 14.2. The first-order chi connectivity index (χ1) is 12.0. The Kier molecular flexibility index (Phi) is 4.88. The zero-order valence-electron chi connectivity index (χ0n) is 15.4. The largest absolute Gasteiger partial charge is 0.378 e. The Morgan fingerprint density at radius 3 is 2.28 bits per heavy atom. The Morgan fingerprint density at radius 1 is 1.12 bits per heavy atom. The van der Waals surface area contributed by atoms with Crippen LogP contribution in [0.2, 0.25) is 0 Å². The van der Waals surface area contributed by atoms with E-state index in [2.05, 4.69) is 65.5 Å². The third-order valence-electron chi connectivity index (χ3n) is 4.72. The minimum atomic E-state index is -0.0328. The lowest BCUT2D eigenvalue weighted by atomic mass is 9.97. The molecule has 0 spiro atoms. The van der Waals surface area contributed by atoms with Crippen LogP contribution in [-0.2, 0) is 11.2 Å². The molecular weight excluding hydrogens is 310 g/mol. The van der Waals surface area contributed by atoms with Crippen molar-refractivity contribution in [2.24, 2.45) is 5.10 Å². The molecule has 1 heterocycles. The maximum Gasteiger partial charge on any atom is 0.240 e. The Balaban J connectivity index is 1.87. The SMILES string of the molecule is CCc1ccc(C2=NN(C(C)=O)C(c3ccc(N(C)C)cc3)C2)cc1. The van der Waals surface area contributed by atoms with Gasteiger partial charge in [-0.15, -0.1) is 0 Å². The minimum absolute atomic E-state index is 0.0261. The van der Waals surface area contributed by atoms with Gasteiger partial charge in [0.2, 0.25) is 5.91 Å². The van der Waals surface area contributed by atoms with Crippen LogP contribution in [0, 0.1) is 0 Å². The van der Waals surface area contributed by atoms with E-state index in [4.69, 9.17) is 0 Å². The standard InChI is InChI=1S/C21H25N3O/c1-5-16-6-8-17(9-7-16)20-14-21(24(22-20)15(2)25)18-10-12-19(13-11-18)23(3)4/h6-13,21H,5,14H2,1-4H3. The van der Waals surface area contributed by atoms with E-state index in [-0.39, 0.29) is 11.9 Å². The average molecular weight is 335 g/mol. The lowest BCUT2D eigenvalue weighted by Crippen LogP contribution is -2.24. The Morgan fingerprint density at radius 2 is 1.76 bits per heavy atom. The Labute approximate surface area is 149 Å². The van der Waals surface area contributed by atoms with Gasteiger partial charge in [-0.05, 0) is 35.2 Å². The van der Waals surface area contributed by atoms with Crippen LogP contribution in [-0.4, -0.2) is 30.7 Å². The van der Waals surface area contributed by atoms with Crippen LogP contribution in [0.5, 0.6) is 0 Å². The van der Waals surface area contributed by atoms with Gasteiger partial charge in [-0.3, -0.25) is 4.79 Å². The van der Waals surface area contributed by atoms with Crippen LogP contribution >= 0.6 is 0 Å². The molecule has 0 saturated heterocycles. The maximum atomic E-state index is 12.1. The van der Waals surface area contributed by atoms with Crippen molar-refractivity contribution < 1.29 is 4.79 Å². The molecule has 130 valence electrons. The van der Waals surface area contributed by atoms with Gasteiger partial charge in [-0.1, -0.05) is 43.3 Å². The second-order valence-corrected chi connectivity index (χ2v) is 6.67. The van der Waals surface area contributed by atoms with E-state index in [1.807, 2.05) is 14.1 Å². The first kappa shape index (κ1) is 17.2. The first-order valence-corrected chi connectivity index (χ1v) is 8.73. The van der Waals surface area contributed by atoms with Crippen LogP contribution in [0.3, 0.4) is 0 Å². The van der Waals surface area contributed by atoms with Crippen LogP contribution in [0.25, 0.3) is 0 Å². The average Bonchev–Trinajstić information content (AvgIpc) is 3.07. The number of carbonyl (C=O) groups excluding carboxylic acids is 1. The van der Waals surface area contributed by atoms with Crippen LogP contribution in [0.1, 0.15) is 43.0 Å². The molecule has 4 heteroatoms. The molecule has 0 aromatic heterocycles. The molecule has 1 amide bonds. The molecule has 0 bridgehead atoms. The third-order valence-corrected chi connectivity index (χ3v) is 4.72. The minimum Gasteiger partial charge on any atom is -0.378 e. The molecular formula is C21H25N3O. The fourth-order valence-electron chi connectivity index (χ4n) is 3.16. The summed E-state index contributed by atoms with van der Waals surface area (Å²) < 4.78 is 0. The molecule has 2 aromatic carbocycles. The second kappa shape index (κ2) is 7.09. The number of hydrogen-bond donors (Lipinski definition) is 0. The lowest BCUT2D eigenvalue weighted by Gasteiger charge is -2.21. The van der Waals surface area contributed by atoms with Crippen molar-refractivity contribution in [2.75, 3.05) is 19.0 Å². The number of amides is 1. The number of nitrogens with zero attached hydrogens (tertiary/aromatic N) is 3. The zero-order valence-corrected chi connectivity index (χ0v) is 15.4. The molecule has 3 rings (SSSR count). The van der Waals surface area contributed by atoms with Gasteiger partial charge < -0.3 is 4.90 Å². The van der Waals surface area contributed by atoms with Crippen molar-refractivity contribution in [3.05, 3.63) is 65.2 Å². The normalized spacial score (nSPS) is 16.7. The van der Waals surface area contributed by atoms with E-state index in [0.29, 0.717) is 0 Å². The molecule has 1 unspecified atom stereocenters. The van der Waals surface area contributed by atoms with Crippen molar-refractivity contribution in [2.45, 2.75) is 32.7 Å². The topological polar surface area (TPSA) is 35.9 Å². The van der Waals surface area contributed by atoms with Gasteiger partial charge in [0.1, 0.15) is 0 Å². The van der Waals surface area contributed by atoms with Gasteiger partial charge in [-0.25, -0.2) is 5.01 Å². The number of anilines is 1. The third kappa shape index (κ3) is 3.58. The van der Waals surface area contributed by atoms with E-state index >= 15 is 0 Å². The highest BCUT2D eigenvalue weighted by Gasteiger charge is 2.31. The highest BCUT2D eigenvalue weighted by Crippen LogP contribution is 2.33. The summed E-state index contributed by atoms with van der Waals surface area (Å²) >= 11 is 0. The number of aryl methyl sites for hydroxylation is 1. The van der Waals surface area contributed by atoms with Gasteiger partial charge in [0.05, 0.1) is 11.8 Å². The van der Waals surface area contributed by atoms with Crippen molar-refractivity contribution in [1.29, 1.82) is 0 Å². The summed E-state index contributed by atoms with van der Waals surface area (Å²) in [6, 6.07) is 16.8. The van der Waals surface area contributed by atoms with Crippen LogP contribution < -0.4 is 4.90 Å². The molecule has 2 aromatic rings. The van der Waals surface area contributed by atoms with Crippen molar-refractivity contribution in [1.82, 2.24) is 5.01 Å². The van der Waals surface area contributed by atoms with Crippen molar-refractivity contribution in [3.63, 3.8) is 0 Å². The van der Waals surface area contributed by atoms with Gasteiger partial charge in [0.25, 0.3) is 0 Å². The molecule has 1 aliphatic heterocycles. The second-order valence-electron chi connectivity index (χ2n) is 6.67. The summed E-state index contributed by atoms with van der Waals surface area (Å²) in [5.74, 6) is -0.0261. The number of hydrazone groups is 1. The Bertz CT molecular complexity index is 776. The smallest absolute Gasteiger partial charge is 0.240 e. The van der Waals surface area contributed by atoms with Crippen molar-refractivity contribution in [3.8, 4) is 0 Å². The van der Waals surface area contributed by atoms with Crippen molar-refractivity contribution >= 4 is 17.3 Å². The molecule has 25 heavy (non-hydrogen) atoms. The van der Waals surface area contributed by atoms with Gasteiger partial charge in [-0.2, -0.15) is 5.10 Å². The first-order valence-electron chi connectivity index (χ1n) is 8.73. The predicted octanol–water partition coefficient (Wildman–Crippen LogP) is 4.01. The number of rotatable bonds is 4. The van der Waals surface area contributed by atoms with E-state index in [1.54, 1.807) is 11.9 Å². The summed E-state index contributed by atoms with van der Waals surface area (Å²) in [5.41, 5.74) is 5.63. The molecule has 4 nitrogen and oxygen atoms in total. The zero-order chi connectivity index (χ0) is 18.0. The molecule has 0 saturated carbocycles. The van der Waals surface area contributed by atoms with Crippen LogP contribution in [0.4, 0.5) is 5.69 Å². The summed E-state index contributed by atoms with van der Waals surface area (Å²) in [7, 11) is 4.04. The van der Waals surface area contributed by atoms with E-state index in [0.717, 1.165) is 35.4 Å². The fraction of sp³-hybridized carbons (Fsp3) is 0.333. The number of benzene rings is 2. The highest BCUT2D eigenvalue weighted by atomic mass is 16.2. The van der Waals surface area contributed by atoms with Gasteiger partial charge in [0.15, 0.2) is 0 Å². The number of hydrogen-bond acceptors (Lipinski definition) is 3. The summed E-state index contributed by atoms with van der Waals surface area (Å²) in [5, 5.41) is 6.24. The molecule has 1 aliphatic rings. The lowest BCUT2D eigenvalue weighted by molar-refractivity contribution is -0.130. The quantitative estimate of drug-likeness (QED) is 0.846. The molecule has 0 fully saturated rings. The molecule has 0 aliphatic carbocycles. The predicted molar refractivity (Wildman–Crippen MR) is 103 cm³/mol. The number of carbonyl (C=O) groups is 1. The van der Waals surface area contributed by atoms with Gasteiger partial charge >= 0.3 is 0 Å². The molecule has 1 atom stereocenters. The maximum absolute atomic E-state index is 12.1. The summed E-state index contributed by atoms with van der Waals surface area (Å²) in [6.45, 7) is 3.72. The molecule has 0 N–H and O–H groups in total. The van der Waals surface area contributed by atoms with E-state index in [9.17, 15) is 4.79 Å².